The van der Waals surface area contributed by atoms with E-state index in [0.717, 1.165) is 5.69 Å². The van der Waals surface area contributed by atoms with Crippen molar-refractivity contribution < 1.29 is 14.3 Å². The van der Waals surface area contributed by atoms with Gasteiger partial charge in [0.2, 0.25) is 0 Å². The standard InChI is InChI=1S/C14H17N3O3/c1-17-5-4-11(16-17)9-15-14(18)10-6-12(19-2)8-13(7-10)20-3/h4-8H,9H2,1-3H3,(H,15,18). The topological polar surface area (TPSA) is 65.4 Å². The highest BCUT2D eigenvalue weighted by Crippen LogP contribution is 2.22. The van der Waals surface area contributed by atoms with E-state index in [2.05, 4.69) is 10.4 Å². The molecule has 0 aliphatic carbocycles. The smallest absolute Gasteiger partial charge is 0.251 e. The molecule has 2 aromatic rings. The summed E-state index contributed by atoms with van der Waals surface area (Å²) in [5.41, 5.74) is 1.29. The Morgan fingerprint density at radius 1 is 1.25 bits per heavy atom. The minimum absolute atomic E-state index is 0.201. The molecule has 106 valence electrons. The molecule has 0 unspecified atom stereocenters. The first-order valence-corrected chi connectivity index (χ1v) is 6.12. The molecule has 0 fully saturated rings. The summed E-state index contributed by atoms with van der Waals surface area (Å²) in [4.78, 5) is 12.1. The van der Waals surface area contributed by atoms with Crippen LogP contribution in [0.15, 0.2) is 30.5 Å². The van der Waals surface area contributed by atoms with Gasteiger partial charge in [0.1, 0.15) is 11.5 Å². The molecule has 1 N–H and O–H groups in total. The lowest BCUT2D eigenvalue weighted by atomic mass is 10.2. The number of aromatic nitrogens is 2. The predicted octanol–water partition coefficient (Wildman–Crippen LogP) is 1.37. The molecule has 1 aromatic carbocycles. The van der Waals surface area contributed by atoms with Crippen LogP contribution >= 0.6 is 0 Å². The number of ether oxygens (including phenoxy) is 2. The average molecular weight is 275 g/mol. The number of methoxy groups -OCH3 is 2. The lowest BCUT2D eigenvalue weighted by molar-refractivity contribution is 0.0949. The van der Waals surface area contributed by atoms with Crippen LogP contribution in [0.4, 0.5) is 0 Å². The largest absolute Gasteiger partial charge is 0.497 e. The van der Waals surface area contributed by atoms with E-state index in [4.69, 9.17) is 9.47 Å². The van der Waals surface area contributed by atoms with Crippen LogP contribution in [0.1, 0.15) is 16.1 Å². The Labute approximate surface area is 117 Å². The molecular formula is C14H17N3O3. The Hall–Kier alpha value is -2.50. The lowest BCUT2D eigenvalue weighted by Crippen LogP contribution is -2.23. The van der Waals surface area contributed by atoms with Crippen LogP contribution in [0.2, 0.25) is 0 Å². The van der Waals surface area contributed by atoms with Gasteiger partial charge in [-0.1, -0.05) is 0 Å². The van der Waals surface area contributed by atoms with E-state index >= 15 is 0 Å². The maximum Gasteiger partial charge on any atom is 0.251 e. The van der Waals surface area contributed by atoms with Crippen molar-refractivity contribution in [3.63, 3.8) is 0 Å². The van der Waals surface area contributed by atoms with Crippen molar-refractivity contribution in [2.45, 2.75) is 6.54 Å². The molecule has 0 aliphatic heterocycles. The van der Waals surface area contributed by atoms with Crippen LogP contribution in [0.3, 0.4) is 0 Å². The lowest BCUT2D eigenvalue weighted by Gasteiger charge is -2.08. The fraction of sp³-hybridized carbons (Fsp3) is 0.286. The quantitative estimate of drug-likeness (QED) is 0.895. The van der Waals surface area contributed by atoms with Crippen molar-refractivity contribution in [2.75, 3.05) is 14.2 Å². The van der Waals surface area contributed by atoms with Gasteiger partial charge in [-0.15, -0.1) is 0 Å². The molecule has 0 saturated carbocycles. The number of nitrogens with zero attached hydrogens (tertiary/aromatic N) is 2. The highest BCUT2D eigenvalue weighted by molar-refractivity contribution is 5.95. The third kappa shape index (κ3) is 3.28. The first-order chi connectivity index (χ1) is 9.62. The SMILES string of the molecule is COc1cc(OC)cc(C(=O)NCc2ccn(C)n2)c1. The summed E-state index contributed by atoms with van der Waals surface area (Å²) in [7, 11) is 4.92. The first kappa shape index (κ1) is 13.9. The molecule has 0 atom stereocenters. The number of carbonyl (C=O) groups excluding carboxylic acids is 1. The zero-order valence-electron chi connectivity index (χ0n) is 11.7. The average Bonchev–Trinajstić information content (AvgIpc) is 2.89. The van der Waals surface area contributed by atoms with Gasteiger partial charge in [0.15, 0.2) is 0 Å². The summed E-state index contributed by atoms with van der Waals surface area (Å²) in [6.45, 7) is 0.374. The van der Waals surface area contributed by atoms with E-state index < -0.39 is 0 Å². The number of nitrogens with one attached hydrogen (secondary N) is 1. The Kier molecular flexibility index (Phi) is 4.24. The second kappa shape index (κ2) is 6.10. The van der Waals surface area contributed by atoms with E-state index in [-0.39, 0.29) is 5.91 Å². The number of rotatable bonds is 5. The van der Waals surface area contributed by atoms with Crippen LogP contribution < -0.4 is 14.8 Å². The van der Waals surface area contributed by atoms with Gasteiger partial charge in [-0.2, -0.15) is 5.10 Å². The van der Waals surface area contributed by atoms with Crippen molar-refractivity contribution in [1.29, 1.82) is 0 Å². The molecule has 20 heavy (non-hydrogen) atoms. The predicted molar refractivity (Wildman–Crippen MR) is 73.9 cm³/mol. The van der Waals surface area contributed by atoms with Crippen LogP contribution in [-0.2, 0) is 13.6 Å². The minimum Gasteiger partial charge on any atom is -0.497 e. The van der Waals surface area contributed by atoms with E-state index in [1.807, 2.05) is 19.3 Å². The van der Waals surface area contributed by atoms with Crippen LogP contribution in [-0.4, -0.2) is 29.9 Å². The summed E-state index contributed by atoms with van der Waals surface area (Å²) in [5.74, 6) is 0.951. The summed E-state index contributed by atoms with van der Waals surface area (Å²) in [6, 6.07) is 6.90. The second-order valence-corrected chi connectivity index (χ2v) is 4.26. The third-order valence-corrected chi connectivity index (χ3v) is 2.81. The summed E-state index contributed by atoms with van der Waals surface area (Å²) >= 11 is 0. The van der Waals surface area contributed by atoms with Gasteiger partial charge in [-0.25, -0.2) is 0 Å². The Bertz CT molecular complexity index is 585. The van der Waals surface area contributed by atoms with Crippen molar-refractivity contribution in [3.05, 3.63) is 41.7 Å². The molecule has 1 amide bonds. The van der Waals surface area contributed by atoms with Crippen LogP contribution in [0.25, 0.3) is 0 Å². The molecule has 0 radical (unpaired) electrons. The Balaban J connectivity index is 2.08. The maximum absolute atomic E-state index is 12.1. The summed E-state index contributed by atoms with van der Waals surface area (Å²) in [5, 5.41) is 7.00. The summed E-state index contributed by atoms with van der Waals surface area (Å²) in [6.07, 6.45) is 1.83. The van der Waals surface area contributed by atoms with Crippen molar-refractivity contribution in [1.82, 2.24) is 15.1 Å². The van der Waals surface area contributed by atoms with Crippen LogP contribution in [0, 0.1) is 0 Å². The number of amides is 1. The van der Waals surface area contributed by atoms with Gasteiger partial charge in [-0.3, -0.25) is 9.48 Å². The molecule has 1 aromatic heterocycles. The van der Waals surface area contributed by atoms with Crippen molar-refractivity contribution in [2.24, 2.45) is 7.05 Å². The van der Waals surface area contributed by atoms with Crippen molar-refractivity contribution in [3.8, 4) is 11.5 Å². The monoisotopic (exact) mass is 275 g/mol. The van der Waals surface area contributed by atoms with Gasteiger partial charge in [0, 0.05) is 24.9 Å². The molecule has 0 bridgehead atoms. The van der Waals surface area contributed by atoms with Gasteiger partial charge in [-0.05, 0) is 18.2 Å². The number of aryl methyl sites for hydroxylation is 1. The van der Waals surface area contributed by atoms with Gasteiger partial charge < -0.3 is 14.8 Å². The molecule has 6 nitrogen and oxygen atoms in total. The molecule has 0 spiro atoms. The Morgan fingerprint density at radius 3 is 2.40 bits per heavy atom. The molecule has 0 saturated heterocycles. The number of carbonyl (C=O) groups is 1. The third-order valence-electron chi connectivity index (χ3n) is 2.81. The van der Waals surface area contributed by atoms with E-state index in [9.17, 15) is 4.79 Å². The van der Waals surface area contributed by atoms with Gasteiger partial charge in [0.05, 0.1) is 26.5 Å². The molecule has 6 heteroatoms. The molecular weight excluding hydrogens is 258 g/mol. The zero-order chi connectivity index (χ0) is 14.5. The number of hydrogen-bond acceptors (Lipinski definition) is 4. The van der Waals surface area contributed by atoms with Gasteiger partial charge in [0.25, 0.3) is 5.91 Å². The molecule has 1 heterocycles. The molecule has 2 rings (SSSR count). The normalized spacial score (nSPS) is 10.2. The fourth-order valence-corrected chi connectivity index (χ4v) is 1.77. The number of benzene rings is 1. The van der Waals surface area contributed by atoms with E-state index in [0.29, 0.717) is 23.6 Å². The van der Waals surface area contributed by atoms with Gasteiger partial charge >= 0.3 is 0 Å². The highest BCUT2D eigenvalue weighted by Gasteiger charge is 2.10. The fourth-order valence-electron chi connectivity index (χ4n) is 1.77. The van der Waals surface area contributed by atoms with E-state index in [1.165, 1.54) is 0 Å². The molecule has 0 aliphatic rings. The first-order valence-electron chi connectivity index (χ1n) is 6.12. The Morgan fingerprint density at radius 2 is 1.90 bits per heavy atom. The highest BCUT2D eigenvalue weighted by atomic mass is 16.5. The minimum atomic E-state index is -0.201. The van der Waals surface area contributed by atoms with Crippen molar-refractivity contribution >= 4 is 5.91 Å². The second-order valence-electron chi connectivity index (χ2n) is 4.26. The number of hydrogen-bond donors (Lipinski definition) is 1. The zero-order valence-corrected chi connectivity index (χ0v) is 11.7. The van der Waals surface area contributed by atoms with Crippen LogP contribution in [0.5, 0.6) is 11.5 Å². The maximum atomic E-state index is 12.1. The summed E-state index contributed by atoms with van der Waals surface area (Å²) < 4.78 is 12.0. The van der Waals surface area contributed by atoms with E-state index in [1.54, 1.807) is 37.1 Å².